The zero-order chi connectivity index (χ0) is 21.4. The van der Waals surface area contributed by atoms with E-state index in [0.717, 1.165) is 0 Å². The standard InChI is InChI=1S/C18H24Cl2N6O3/c1-10(2)14(17(27)28)22-6-8-29-9-7-23-18-24-16(21)15(25-26-18)11-4-3-5-12(19)13(11)20/h3-5,10,14,22H,6-9H2,1-2H3,(H,27,28)(H3,21,23,24,26)/t14-/m0/s1. The van der Waals surface area contributed by atoms with E-state index in [1.807, 2.05) is 13.8 Å². The minimum Gasteiger partial charge on any atom is -0.480 e. The summed E-state index contributed by atoms with van der Waals surface area (Å²) in [5, 5.41) is 23.8. The van der Waals surface area contributed by atoms with Crippen LogP contribution in [0.3, 0.4) is 0 Å². The summed E-state index contributed by atoms with van der Waals surface area (Å²) in [6.07, 6.45) is 0. The first-order valence-electron chi connectivity index (χ1n) is 9.03. The molecule has 0 bridgehead atoms. The highest BCUT2D eigenvalue weighted by Gasteiger charge is 2.20. The van der Waals surface area contributed by atoms with Crippen molar-refractivity contribution in [1.82, 2.24) is 20.5 Å². The second-order valence-corrected chi connectivity index (χ2v) is 7.31. The van der Waals surface area contributed by atoms with E-state index < -0.39 is 12.0 Å². The summed E-state index contributed by atoms with van der Waals surface area (Å²) < 4.78 is 5.46. The predicted octanol–water partition coefficient (Wildman–Crippen LogP) is 2.55. The van der Waals surface area contributed by atoms with Gasteiger partial charge < -0.3 is 26.2 Å². The molecule has 0 aliphatic rings. The number of hydrogen-bond acceptors (Lipinski definition) is 8. The number of nitrogens with two attached hydrogens (primary N) is 1. The summed E-state index contributed by atoms with van der Waals surface area (Å²) in [6, 6.07) is 4.55. The molecular formula is C18H24Cl2N6O3. The average molecular weight is 443 g/mol. The van der Waals surface area contributed by atoms with Gasteiger partial charge in [0.1, 0.15) is 11.7 Å². The molecule has 1 heterocycles. The van der Waals surface area contributed by atoms with Crippen LogP contribution in [0.15, 0.2) is 18.2 Å². The van der Waals surface area contributed by atoms with Gasteiger partial charge in [-0.05, 0) is 12.0 Å². The summed E-state index contributed by atoms with van der Waals surface area (Å²) in [5.74, 6) is -0.442. The Morgan fingerprint density at radius 3 is 2.62 bits per heavy atom. The number of ether oxygens (including phenoxy) is 1. The number of rotatable bonds is 11. The van der Waals surface area contributed by atoms with Crippen molar-refractivity contribution < 1.29 is 14.6 Å². The van der Waals surface area contributed by atoms with Gasteiger partial charge in [-0.15, -0.1) is 10.2 Å². The molecule has 158 valence electrons. The van der Waals surface area contributed by atoms with Crippen molar-refractivity contribution in [1.29, 1.82) is 0 Å². The van der Waals surface area contributed by atoms with E-state index in [9.17, 15) is 4.79 Å². The average Bonchev–Trinajstić information content (AvgIpc) is 2.66. The third-order valence-electron chi connectivity index (χ3n) is 3.99. The Kier molecular flexibility index (Phi) is 8.84. The smallest absolute Gasteiger partial charge is 0.320 e. The van der Waals surface area contributed by atoms with Gasteiger partial charge >= 0.3 is 5.97 Å². The van der Waals surface area contributed by atoms with E-state index >= 15 is 0 Å². The number of nitrogen functional groups attached to an aromatic ring is 1. The first-order chi connectivity index (χ1) is 13.8. The third-order valence-corrected chi connectivity index (χ3v) is 4.81. The van der Waals surface area contributed by atoms with Crippen molar-refractivity contribution in [3.05, 3.63) is 28.2 Å². The van der Waals surface area contributed by atoms with Crippen LogP contribution in [0, 0.1) is 5.92 Å². The molecule has 9 nitrogen and oxygen atoms in total. The van der Waals surface area contributed by atoms with Crippen LogP contribution in [0.4, 0.5) is 11.8 Å². The summed E-state index contributed by atoms with van der Waals surface area (Å²) in [4.78, 5) is 15.3. The Balaban J connectivity index is 1.77. The number of aliphatic carboxylic acids is 1. The number of nitrogens with one attached hydrogen (secondary N) is 2. The first kappa shape index (κ1) is 23.1. The molecule has 0 saturated heterocycles. The quantitative estimate of drug-likeness (QED) is 0.386. The topological polar surface area (TPSA) is 135 Å². The molecule has 0 aliphatic carbocycles. The Morgan fingerprint density at radius 1 is 1.24 bits per heavy atom. The molecular weight excluding hydrogens is 419 g/mol. The number of carboxylic acids is 1. The molecule has 0 spiro atoms. The zero-order valence-corrected chi connectivity index (χ0v) is 17.7. The van der Waals surface area contributed by atoms with E-state index in [1.54, 1.807) is 18.2 Å². The lowest BCUT2D eigenvalue weighted by atomic mass is 10.1. The molecule has 29 heavy (non-hydrogen) atoms. The number of nitrogens with zero attached hydrogens (tertiary/aromatic N) is 3. The first-order valence-corrected chi connectivity index (χ1v) is 9.79. The van der Waals surface area contributed by atoms with Gasteiger partial charge in [0.2, 0.25) is 5.95 Å². The Bertz CT molecular complexity index is 837. The predicted molar refractivity (Wildman–Crippen MR) is 113 cm³/mol. The maximum Gasteiger partial charge on any atom is 0.320 e. The van der Waals surface area contributed by atoms with Crippen LogP contribution in [-0.2, 0) is 9.53 Å². The van der Waals surface area contributed by atoms with E-state index in [-0.39, 0.29) is 17.7 Å². The largest absolute Gasteiger partial charge is 0.480 e. The maximum absolute atomic E-state index is 11.1. The number of halogens is 2. The van der Waals surface area contributed by atoms with Crippen LogP contribution in [0.25, 0.3) is 11.3 Å². The van der Waals surface area contributed by atoms with Crippen molar-refractivity contribution in [2.24, 2.45) is 5.92 Å². The lowest BCUT2D eigenvalue weighted by molar-refractivity contribution is -0.140. The number of carbonyl (C=O) groups is 1. The Hall–Kier alpha value is -2.20. The number of hydrogen-bond donors (Lipinski definition) is 4. The molecule has 1 aromatic carbocycles. The van der Waals surface area contributed by atoms with Gasteiger partial charge in [0.25, 0.3) is 0 Å². The number of aromatic nitrogens is 3. The van der Waals surface area contributed by atoms with Crippen LogP contribution in [0.2, 0.25) is 10.0 Å². The van der Waals surface area contributed by atoms with Gasteiger partial charge in [0.15, 0.2) is 5.82 Å². The van der Waals surface area contributed by atoms with Crippen LogP contribution < -0.4 is 16.4 Å². The lowest BCUT2D eigenvalue weighted by Gasteiger charge is -2.17. The fraction of sp³-hybridized carbons (Fsp3) is 0.444. The van der Waals surface area contributed by atoms with E-state index in [4.69, 9.17) is 38.8 Å². The fourth-order valence-electron chi connectivity index (χ4n) is 2.52. The monoisotopic (exact) mass is 442 g/mol. The summed E-state index contributed by atoms with van der Waals surface area (Å²) in [5.41, 5.74) is 6.88. The van der Waals surface area contributed by atoms with Gasteiger partial charge in [-0.25, -0.2) is 0 Å². The van der Waals surface area contributed by atoms with Crippen molar-refractivity contribution >= 4 is 40.9 Å². The zero-order valence-electron chi connectivity index (χ0n) is 16.2. The van der Waals surface area contributed by atoms with E-state index in [0.29, 0.717) is 47.6 Å². The Morgan fingerprint density at radius 2 is 1.97 bits per heavy atom. The van der Waals surface area contributed by atoms with Crippen LogP contribution in [-0.4, -0.2) is 58.6 Å². The molecule has 0 fully saturated rings. The minimum absolute atomic E-state index is 0.00552. The second kappa shape index (κ2) is 11.1. The van der Waals surface area contributed by atoms with E-state index in [1.165, 1.54) is 0 Å². The molecule has 0 aliphatic heterocycles. The highest BCUT2D eigenvalue weighted by molar-refractivity contribution is 6.43. The molecule has 0 amide bonds. The van der Waals surface area contributed by atoms with Crippen molar-refractivity contribution in [2.45, 2.75) is 19.9 Å². The van der Waals surface area contributed by atoms with Gasteiger partial charge in [-0.2, -0.15) is 4.98 Å². The molecule has 1 atom stereocenters. The maximum atomic E-state index is 11.1. The van der Waals surface area contributed by atoms with E-state index in [2.05, 4.69) is 25.8 Å². The molecule has 0 radical (unpaired) electrons. The molecule has 2 rings (SSSR count). The summed E-state index contributed by atoms with van der Waals surface area (Å²) >= 11 is 12.2. The molecule has 0 saturated carbocycles. The summed E-state index contributed by atoms with van der Waals surface area (Å²) in [7, 11) is 0. The van der Waals surface area contributed by atoms with Gasteiger partial charge in [0, 0.05) is 18.7 Å². The van der Waals surface area contributed by atoms with Gasteiger partial charge in [0.05, 0.1) is 23.3 Å². The third kappa shape index (κ3) is 6.67. The molecule has 5 N–H and O–H groups in total. The molecule has 2 aromatic rings. The van der Waals surface area contributed by atoms with Crippen molar-refractivity contribution in [3.8, 4) is 11.3 Å². The van der Waals surface area contributed by atoms with Crippen LogP contribution in [0.1, 0.15) is 13.8 Å². The Labute approximate surface area is 179 Å². The molecule has 11 heteroatoms. The molecule has 0 unspecified atom stereocenters. The van der Waals surface area contributed by atoms with Crippen LogP contribution >= 0.6 is 23.2 Å². The SMILES string of the molecule is CC(C)[C@H](NCCOCCNc1nnc(-c2cccc(Cl)c2Cl)c(N)n1)C(=O)O. The normalized spacial score (nSPS) is 12.2. The second-order valence-electron chi connectivity index (χ2n) is 6.52. The fourth-order valence-corrected chi connectivity index (χ4v) is 2.91. The number of benzene rings is 1. The highest BCUT2D eigenvalue weighted by atomic mass is 35.5. The molecule has 1 aromatic heterocycles. The number of anilines is 2. The van der Waals surface area contributed by atoms with Gasteiger partial charge in [-0.3, -0.25) is 4.79 Å². The summed E-state index contributed by atoms with van der Waals surface area (Å²) in [6.45, 7) is 5.34. The van der Waals surface area contributed by atoms with Gasteiger partial charge in [-0.1, -0.05) is 49.2 Å². The highest BCUT2D eigenvalue weighted by Crippen LogP contribution is 2.34. The van der Waals surface area contributed by atoms with Crippen molar-refractivity contribution in [3.63, 3.8) is 0 Å². The van der Waals surface area contributed by atoms with Crippen LogP contribution in [0.5, 0.6) is 0 Å². The van der Waals surface area contributed by atoms with Crippen molar-refractivity contribution in [2.75, 3.05) is 37.4 Å². The minimum atomic E-state index is -0.869. The lowest BCUT2D eigenvalue weighted by Crippen LogP contribution is -2.42. The number of carboxylic acid groups (broad SMARTS) is 1.